The highest BCUT2D eigenvalue weighted by atomic mass is 16.5. The number of methoxy groups -OCH3 is 1. The summed E-state index contributed by atoms with van der Waals surface area (Å²) >= 11 is 0. The maximum Gasteiger partial charge on any atom is 0.411 e. The largest absolute Gasteiger partial charge is 0.493 e. The van der Waals surface area contributed by atoms with Crippen LogP contribution in [0.1, 0.15) is 15.9 Å². The Kier molecular flexibility index (Phi) is 5.16. The highest BCUT2D eigenvalue weighted by Crippen LogP contribution is 2.31. The molecule has 1 aliphatic heterocycles. The van der Waals surface area contributed by atoms with Gasteiger partial charge < -0.3 is 14.8 Å². The fourth-order valence-electron chi connectivity index (χ4n) is 3.25. The Hall–Kier alpha value is -3.80. The number of carbonyl (C=O) groups is 2. The van der Waals surface area contributed by atoms with Gasteiger partial charge in [-0.1, -0.05) is 24.3 Å². The molecule has 0 atom stereocenters. The van der Waals surface area contributed by atoms with Gasteiger partial charge in [0, 0.05) is 23.4 Å². The van der Waals surface area contributed by atoms with Crippen LogP contribution in [0.3, 0.4) is 0 Å². The first-order valence-electron chi connectivity index (χ1n) is 9.25. The molecule has 4 rings (SSSR count). The zero-order valence-corrected chi connectivity index (χ0v) is 15.9. The number of nitrogens with one attached hydrogen (secondary N) is 2. The SMILES string of the molecule is COC(=O)Nc1cccc(C(=O)Nc2cccc(-c3ccc4c(c3)CCO4)c2)c1. The molecule has 0 aromatic heterocycles. The van der Waals surface area contributed by atoms with E-state index in [2.05, 4.69) is 21.4 Å². The average Bonchev–Trinajstić information content (AvgIpc) is 3.22. The van der Waals surface area contributed by atoms with Gasteiger partial charge in [0.1, 0.15) is 5.75 Å². The first kappa shape index (κ1) is 18.6. The number of ether oxygens (including phenoxy) is 2. The molecule has 0 saturated heterocycles. The molecule has 0 radical (unpaired) electrons. The van der Waals surface area contributed by atoms with E-state index in [4.69, 9.17) is 4.74 Å². The number of rotatable bonds is 4. The molecule has 0 unspecified atom stereocenters. The van der Waals surface area contributed by atoms with Crippen molar-refractivity contribution >= 4 is 23.4 Å². The third-order valence-corrected chi connectivity index (χ3v) is 4.70. The lowest BCUT2D eigenvalue weighted by Crippen LogP contribution is -2.14. The van der Waals surface area contributed by atoms with Crippen molar-refractivity contribution in [2.75, 3.05) is 24.4 Å². The lowest BCUT2D eigenvalue weighted by molar-refractivity contribution is 0.102. The van der Waals surface area contributed by atoms with E-state index >= 15 is 0 Å². The van der Waals surface area contributed by atoms with Crippen molar-refractivity contribution in [3.63, 3.8) is 0 Å². The summed E-state index contributed by atoms with van der Waals surface area (Å²) in [6, 6.07) is 20.5. The van der Waals surface area contributed by atoms with E-state index in [1.165, 1.54) is 12.7 Å². The van der Waals surface area contributed by atoms with E-state index < -0.39 is 6.09 Å². The number of amides is 2. The van der Waals surface area contributed by atoms with Crippen LogP contribution in [0.5, 0.6) is 5.75 Å². The molecule has 3 aromatic rings. The van der Waals surface area contributed by atoms with Crippen LogP contribution < -0.4 is 15.4 Å². The molecule has 2 N–H and O–H groups in total. The lowest BCUT2D eigenvalue weighted by Gasteiger charge is -2.10. The van der Waals surface area contributed by atoms with Gasteiger partial charge in [-0.05, 0) is 59.2 Å². The summed E-state index contributed by atoms with van der Waals surface area (Å²) in [5, 5.41) is 5.46. The van der Waals surface area contributed by atoms with Crippen molar-refractivity contribution in [2.24, 2.45) is 0 Å². The smallest absolute Gasteiger partial charge is 0.411 e. The van der Waals surface area contributed by atoms with Gasteiger partial charge in [-0.25, -0.2) is 4.79 Å². The molecule has 1 aliphatic rings. The van der Waals surface area contributed by atoms with Gasteiger partial charge in [-0.2, -0.15) is 0 Å². The molecule has 1 heterocycles. The highest BCUT2D eigenvalue weighted by Gasteiger charge is 2.13. The van der Waals surface area contributed by atoms with Crippen LogP contribution in [0.2, 0.25) is 0 Å². The van der Waals surface area contributed by atoms with E-state index in [0.29, 0.717) is 16.9 Å². The molecule has 0 fully saturated rings. The number of hydrogen-bond donors (Lipinski definition) is 2. The van der Waals surface area contributed by atoms with Crippen LogP contribution >= 0.6 is 0 Å². The third kappa shape index (κ3) is 4.21. The summed E-state index contributed by atoms with van der Waals surface area (Å²) in [6.07, 6.45) is 0.324. The summed E-state index contributed by atoms with van der Waals surface area (Å²) in [5.74, 6) is 0.677. The summed E-state index contributed by atoms with van der Waals surface area (Å²) in [5.41, 5.74) is 4.90. The van der Waals surface area contributed by atoms with Crippen LogP contribution in [0.15, 0.2) is 66.7 Å². The average molecular weight is 388 g/mol. The Balaban J connectivity index is 1.51. The number of fused-ring (bicyclic) bond motifs is 1. The van der Waals surface area contributed by atoms with Crippen LogP contribution in [0.4, 0.5) is 16.2 Å². The van der Waals surface area contributed by atoms with Gasteiger partial charge in [0.25, 0.3) is 5.91 Å². The predicted octanol–water partition coefficient (Wildman–Crippen LogP) is 4.72. The van der Waals surface area contributed by atoms with Crippen molar-refractivity contribution in [1.29, 1.82) is 0 Å². The van der Waals surface area contributed by atoms with Crippen LogP contribution in [-0.2, 0) is 11.2 Å². The van der Waals surface area contributed by atoms with Gasteiger partial charge in [0.15, 0.2) is 0 Å². The summed E-state index contributed by atoms with van der Waals surface area (Å²) in [6.45, 7) is 0.721. The van der Waals surface area contributed by atoms with Crippen molar-refractivity contribution in [1.82, 2.24) is 0 Å². The molecular weight excluding hydrogens is 368 g/mol. The summed E-state index contributed by atoms with van der Waals surface area (Å²) < 4.78 is 10.1. The zero-order chi connectivity index (χ0) is 20.2. The Morgan fingerprint density at radius 3 is 2.48 bits per heavy atom. The molecule has 146 valence electrons. The predicted molar refractivity (Wildman–Crippen MR) is 111 cm³/mol. The second-order valence-electron chi connectivity index (χ2n) is 6.65. The van der Waals surface area contributed by atoms with Gasteiger partial charge in [-0.3, -0.25) is 10.1 Å². The Morgan fingerprint density at radius 2 is 1.66 bits per heavy atom. The van der Waals surface area contributed by atoms with Gasteiger partial charge >= 0.3 is 6.09 Å². The molecule has 3 aromatic carbocycles. The van der Waals surface area contributed by atoms with Crippen LogP contribution in [0, 0.1) is 0 Å². The molecule has 2 amide bonds. The minimum atomic E-state index is -0.588. The third-order valence-electron chi connectivity index (χ3n) is 4.70. The monoisotopic (exact) mass is 388 g/mol. The molecule has 0 spiro atoms. The minimum Gasteiger partial charge on any atom is -0.493 e. The maximum absolute atomic E-state index is 12.7. The quantitative estimate of drug-likeness (QED) is 0.678. The number of benzene rings is 3. The van der Waals surface area contributed by atoms with E-state index in [9.17, 15) is 9.59 Å². The van der Waals surface area contributed by atoms with Crippen molar-refractivity contribution < 1.29 is 19.1 Å². The summed E-state index contributed by atoms with van der Waals surface area (Å²) in [4.78, 5) is 24.0. The van der Waals surface area contributed by atoms with E-state index in [1.807, 2.05) is 36.4 Å². The van der Waals surface area contributed by atoms with Gasteiger partial charge in [-0.15, -0.1) is 0 Å². The van der Waals surface area contributed by atoms with E-state index in [0.717, 1.165) is 29.9 Å². The molecule has 0 bridgehead atoms. The molecule has 6 nitrogen and oxygen atoms in total. The van der Waals surface area contributed by atoms with Crippen LogP contribution in [-0.4, -0.2) is 25.7 Å². The first-order chi connectivity index (χ1) is 14.1. The van der Waals surface area contributed by atoms with E-state index in [1.54, 1.807) is 24.3 Å². The standard InChI is InChI=1S/C23H20N2O4/c1-28-23(27)25-20-7-3-5-18(14-20)22(26)24-19-6-2-4-15(13-19)16-8-9-21-17(12-16)10-11-29-21/h2-9,12-14H,10-11H2,1H3,(H,24,26)(H,25,27). The highest BCUT2D eigenvalue weighted by molar-refractivity contribution is 6.05. The topological polar surface area (TPSA) is 76.7 Å². The fourth-order valence-corrected chi connectivity index (χ4v) is 3.25. The van der Waals surface area contributed by atoms with Crippen LogP contribution in [0.25, 0.3) is 11.1 Å². The molecule has 0 saturated carbocycles. The minimum absolute atomic E-state index is 0.266. The molecule has 6 heteroatoms. The Labute approximate surface area is 168 Å². The number of carbonyl (C=O) groups excluding carboxylic acids is 2. The number of anilines is 2. The Morgan fingerprint density at radius 1 is 0.897 bits per heavy atom. The first-order valence-corrected chi connectivity index (χ1v) is 9.25. The van der Waals surface area contributed by atoms with Gasteiger partial charge in [0.2, 0.25) is 0 Å². The summed E-state index contributed by atoms with van der Waals surface area (Å²) in [7, 11) is 1.28. The van der Waals surface area contributed by atoms with Gasteiger partial charge in [0.05, 0.1) is 13.7 Å². The lowest BCUT2D eigenvalue weighted by atomic mass is 10.0. The van der Waals surface area contributed by atoms with Crippen molar-refractivity contribution in [3.05, 3.63) is 77.9 Å². The maximum atomic E-state index is 12.7. The second kappa shape index (κ2) is 8.06. The van der Waals surface area contributed by atoms with E-state index in [-0.39, 0.29) is 5.91 Å². The Bertz CT molecular complexity index is 1080. The van der Waals surface area contributed by atoms with Crippen molar-refractivity contribution in [2.45, 2.75) is 6.42 Å². The fraction of sp³-hybridized carbons (Fsp3) is 0.130. The number of hydrogen-bond acceptors (Lipinski definition) is 4. The second-order valence-corrected chi connectivity index (χ2v) is 6.65. The normalized spacial score (nSPS) is 11.9. The molecular formula is C23H20N2O4. The zero-order valence-electron chi connectivity index (χ0n) is 15.9. The molecule has 0 aliphatic carbocycles. The molecule has 29 heavy (non-hydrogen) atoms. The van der Waals surface area contributed by atoms with Crippen molar-refractivity contribution in [3.8, 4) is 16.9 Å².